The summed E-state index contributed by atoms with van der Waals surface area (Å²) >= 11 is 3.60. The number of benzene rings is 1. The summed E-state index contributed by atoms with van der Waals surface area (Å²) in [5, 5.41) is 0. The van der Waals surface area contributed by atoms with Crippen LogP contribution in [0.2, 0.25) is 0 Å². The van der Waals surface area contributed by atoms with Crippen molar-refractivity contribution in [3.05, 3.63) is 34.3 Å². The molecule has 1 atom stereocenters. The summed E-state index contributed by atoms with van der Waals surface area (Å²) in [5.74, 6) is 1.11. The lowest BCUT2D eigenvalue weighted by Crippen LogP contribution is -2.11. The Morgan fingerprint density at radius 3 is 2.62 bits per heavy atom. The standard InChI is InChI=1S/C14H17BrO/c15-14-8-4-3-7-13(14)12(9-10-16)11-5-1-2-6-11/h3-4,7-8,10-12H,1-2,5-6,9H2. The minimum absolute atomic E-state index is 0.413. The second-order valence-corrected chi connectivity index (χ2v) is 5.43. The lowest BCUT2D eigenvalue weighted by atomic mass is 9.83. The van der Waals surface area contributed by atoms with Gasteiger partial charge in [0, 0.05) is 10.9 Å². The van der Waals surface area contributed by atoms with Crippen molar-refractivity contribution in [1.29, 1.82) is 0 Å². The number of hydrogen-bond acceptors (Lipinski definition) is 1. The van der Waals surface area contributed by atoms with Crippen LogP contribution in [0.5, 0.6) is 0 Å². The molecule has 0 amide bonds. The van der Waals surface area contributed by atoms with E-state index >= 15 is 0 Å². The van der Waals surface area contributed by atoms with Crippen LogP contribution in [0.3, 0.4) is 0 Å². The highest BCUT2D eigenvalue weighted by Gasteiger charge is 2.26. The molecule has 1 saturated carbocycles. The SMILES string of the molecule is O=CCC(c1ccccc1Br)C1CCCC1. The second-order valence-electron chi connectivity index (χ2n) is 4.57. The maximum Gasteiger partial charge on any atom is 0.120 e. The maximum atomic E-state index is 10.8. The van der Waals surface area contributed by atoms with Crippen LogP contribution in [0, 0.1) is 5.92 Å². The highest BCUT2D eigenvalue weighted by atomic mass is 79.9. The van der Waals surface area contributed by atoms with Crippen molar-refractivity contribution < 1.29 is 4.79 Å². The van der Waals surface area contributed by atoms with Gasteiger partial charge in [-0.1, -0.05) is 47.0 Å². The van der Waals surface area contributed by atoms with Crippen LogP contribution in [0.4, 0.5) is 0 Å². The van der Waals surface area contributed by atoms with E-state index in [2.05, 4.69) is 34.1 Å². The Kier molecular flexibility index (Phi) is 4.16. The third kappa shape index (κ3) is 2.54. The van der Waals surface area contributed by atoms with Crippen LogP contribution >= 0.6 is 15.9 Å². The third-order valence-corrected chi connectivity index (χ3v) is 4.35. The number of aldehydes is 1. The van der Waals surface area contributed by atoms with Crippen molar-refractivity contribution in [3.63, 3.8) is 0 Å². The zero-order chi connectivity index (χ0) is 11.4. The zero-order valence-corrected chi connectivity index (χ0v) is 10.9. The monoisotopic (exact) mass is 280 g/mol. The van der Waals surface area contributed by atoms with E-state index in [4.69, 9.17) is 0 Å². The molecule has 0 heterocycles. The topological polar surface area (TPSA) is 17.1 Å². The van der Waals surface area contributed by atoms with Gasteiger partial charge in [-0.05, 0) is 36.3 Å². The molecule has 1 nitrogen and oxygen atoms in total. The van der Waals surface area contributed by atoms with Gasteiger partial charge < -0.3 is 4.79 Å². The van der Waals surface area contributed by atoms with E-state index in [0.29, 0.717) is 18.3 Å². The predicted molar refractivity (Wildman–Crippen MR) is 69.5 cm³/mol. The van der Waals surface area contributed by atoms with Crippen LogP contribution in [-0.4, -0.2) is 6.29 Å². The molecule has 0 aromatic heterocycles. The fourth-order valence-corrected chi connectivity index (χ4v) is 3.39. The van der Waals surface area contributed by atoms with E-state index in [0.717, 1.165) is 10.8 Å². The summed E-state index contributed by atoms with van der Waals surface area (Å²) in [6.45, 7) is 0. The number of carbonyl (C=O) groups is 1. The molecule has 1 fully saturated rings. The molecule has 0 aliphatic heterocycles. The Balaban J connectivity index is 2.24. The lowest BCUT2D eigenvalue weighted by Gasteiger charge is -2.22. The maximum absolute atomic E-state index is 10.8. The molecule has 0 N–H and O–H groups in total. The van der Waals surface area contributed by atoms with Crippen molar-refractivity contribution in [2.75, 3.05) is 0 Å². The fourth-order valence-electron chi connectivity index (χ4n) is 2.81. The first-order chi connectivity index (χ1) is 7.83. The molecular formula is C14H17BrO. The molecule has 0 saturated heterocycles. The van der Waals surface area contributed by atoms with Crippen molar-refractivity contribution in [2.45, 2.75) is 38.0 Å². The number of halogens is 1. The van der Waals surface area contributed by atoms with E-state index in [1.807, 2.05) is 6.07 Å². The molecule has 1 aromatic rings. The minimum Gasteiger partial charge on any atom is -0.303 e. The zero-order valence-electron chi connectivity index (χ0n) is 9.36. The van der Waals surface area contributed by atoms with Gasteiger partial charge >= 0.3 is 0 Å². The third-order valence-electron chi connectivity index (χ3n) is 3.62. The quantitative estimate of drug-likeness (QED) is 0.751. The largest absolute Gasteiger partial charge is 0.303 e. The summed E-state index contributed by atoms with van der Waals surface area (Å²) < 4.78 is 1.15. The Labute approximate surface area is 105 Å². The fraction of sp³-hybridized carbons (Fsp3) is 0.500. The Bertz CT molecular complexity index is 356. The smallest absolute Gasteiger partial charge is 0.120 e. The summed E-state index contributed by atoms with van der Waals surface area (Å²) in [6.07, 6.45) is 6.93. The van der Waals surface area contributed by atoms with Gasteiger partial charge in [0.1, 0.15) is 6.29 Å². The molecule has 0 bridgehead atoms. The van der Waals surface area contributed by atoms with Crippen LogP contribution < -0.4 is 0 Å². The van der Waals surface area contributed by atoms with Crippen LogP contribution in [0.15, 0.2) is 28.7 Å². The summed E-state index contributed by atoms with van der Waals surface area (Å²) in [6, 6.07) is 8.31. The number of carbonyl (C=O) groups excluding carboxylic acids is 1. The van der Waals surface area contributed by atoms with Crippen molar-refractivity contribution in [3.8, 4) is 0 Å². The molecule has 1 aromatic carbocycles. The summed E-state index contributed by atoms with van der Waals surface area (Å²) in [4.78, 5) is 10.8. The van der Waals surface area contributed by atoms with Crippen molar-refractivity contribution in [2.24, 2.45) is 5.92 Å². The van der Waals surface area contributed by atoms with Gasteiger partial charge in [0.15, 0.2) is 0 Å². The van der Waals surface area contributed by atoms with Crippen LogP contribution in [0.1, 0.15) is 43.6 Å². The first-order valence-corrected chi connectivity index (χ1v) is 6.80. The van der Waals surface area contributed by atoms with E-state index in [1.165, 1.54) is 31.2 Å². The molecule has 1 aliphatic carbocycles. The Morgan fingerprint density at radius 2 is 2.00 bits per heavy atom. The van der Waals surface area contributed by atoms with Crippen molar-refractivity contribution >= 4 is 22.2 Å². The van der Waals surface area contributed by atoms with Gasteiger partial charge in [-0.25, -0.2) is 0 Å². The highest BCUT2D eigenvalue weighted by molar-refractivity contribution is 9.10. The van der Waals surface area contributed by atoms with E-state index in [9.17, 15) is 4.79 Å². The molecule has 16 heavy (non-hydrogen) atoms. The first-order valence-electron chi connectivity index (χ1n) is 6.01. The van der Waals surface area contributed by atoms with Gasteiger partial charge in [0.2, 0.25) is 0 Å². The number of rotatable bonds is 4. The molecule has 0 spiro atoms. The highest BCUT2D eigenvalue weighted by Crippen LogP contribution is 2.41. The predicted octanol–water partition coefficient (Wildman–Crippen LogP) is 4.31. The average Bonchev–Trinajstić information content (AvgIpc) is 2.80. The Hall–Kier alpha value is -0.630. The van der Waals surface area contributed by atoms with Gasteiger partial charge in [-0.15, -0.1) is 0 Å². The second kappa shape index (κ2) is 5.62. The van der Waals surface area contributed by atoms with E-state index < -0.39 is 0 Å². The molecule has 2 rings (SSSR count). The minimum atomic E-state index is 0.413. The molecule has 1 aliphatic rings. The normalized spacial score (nSPS) is 18.6. The summed E-state index contributed by atoms with van der Waals surface area (Å²) in [5.41, 5.74) is 1.31. The first kappa shape index (κ1) is 11.8. The Morgan fingerprint density at radius 1 is 1.31 bits per heavy atom. The van der Waals surface area contributed by atoms with E-state index in [-0.39, 0.29) is 0 Å². The van der Waals surface area contributed by atoms with Crippen molar-refractivity contribution in [1.82, 2.24) is 0 Å². The van der Waals surface area contributed by atoms with Crippen LogP contribution in [0.25, 0.3) is 0 Å². The molecule has 86 valence electrons. The van der Waals surface area contributed by atoms with Gasteiger partial charge in [0.05, 0.1) is 0 Å². The number of hydrogen-bond donors (Lipinski definition) is 0. The molecule has 2 heteroatoms. The van der Waals surface area contributed by atoms with Gasteiger partial charge in [0.25, 0.3) is 0 Å². The lowest BCUT2D eigenvalue weighted by molar-refractivity contribution is -0.108. The molecular weight excluding hydrogens is 264 g/mol. The molecule has 1 unspecified atom stereocenters. The summed E-state index contributed by atoms with van der Waals surface area (Å²) in [7, 11) is 0. The molecule has 0 radical (unpaired) electrons. The van der Waals surface area contributed by atoms with Crippen LogP contribution in [-0.2, 0) is 4.79 Å². The van der Waals surface area contributed by atoms with Gasteiger partial charge in [-0.2, -0.15) is 0 Å². The van der Waals surface area contributed by atoms with Gasteiger partial charge in [-0.3, -0.25) is 0 Å². The average molecular weight is 281 g/mol. The van der Waals surface area contributed by atoms with E-state index in [1.54, 1.807) is 0 Å².